The van der Waals surface area contributed by atoms with Gasteiger partial charge in [0.05, 0.1) is 26.3 Å². The van der Waals surface area contributed by atoms with Crippen LogP contribution in [0.1, 0.15) is 22.6 Å². The summed E-state index contributed by atoms with van der Waals surface area (Å²) < 4.78 is 31.4. The number of aromatic nitrogens is 2. The minimum Gasteiger partial charge on any atom is -0.493 e. The Kier molecular flexibility index (Phi) is 4.92. The van der Waals surface area contributed by atoms with Gasteiger partial charge in [0, 0.05) is 18.5 Å². The molecule has 1 aromatic heterocycles. The summed E-state index contributed by atoms with van der Waals surface area (Å²) in [6, 6.07) is 14.2. The second kappa shape index (κ2) is 7.54. The van der Waals surface area contributed by atoms with Gasteiger partial charge in [-0.15, -0.1) is 0 Å². The molecule has 8 heteroatoms. The van der Waals surface area contributed by atoms with Gasteiger partial charge in [-0.3, -0.25) is 4.79 Å². The van der Waals surface area contributed by atoms with Crippen LogP contribution in [0.3, 0.4) is 0 Å². The summed E-state index contributed by atoms with van der Waals surface area (Å²) in [5.74, 6) is 0.616. The van der Waals surface area contributed by atoms with Gasteiger partial charge in [-0.25, -0.2) is 4.39 Å². The van der Waals surface area contributed by atoms with E-state index >= 15 is 4.39 Å². The van der Waals surface area contributed by atoms with Gasteiger partial charge < -0.3 is 18.9 Å². The quantitative estimate of drug-likeness (QED) is 0.656. The van der Waals surface area contributed by atoms with Gasteiger partial charge in [-0.05, 0) is 24.3 Å². The maximum Gasteiger partial charge on any atom is 0.258 e. The van der Waals surface area contributed by atoms with E-state index < -0.39 is 5.67 Å². The van der Waals surface area contributed by atoms with Gasteiger partial charge in [-0.1, -0.05) is 29.4 Å². The molecular weight excluding hydrogens is 377 g/mol. The maximum atomic E-state index is 15.6. The summed E-state index contributed by atoms with van der Waals surface area (Å²) >= 11 is 0. The summed E-state index contributed by atoms with van der Waals surface area (Å²) in [7, 11) is 2.96. The molecule has 150 valence electrons. The smallest absolute Gasteiger partial charge is 0.258 e. The zero-order valence-corrected chi connectivity index (χ0v) is 16.1. The molecule has 0 spiro atoms. The lowest BCUT2D eigenvalue weighted by molar-refractivity contribution is 0.0739. The number of carbonyl (C=O) groups is 1. The van der Waals surface area contributed by atoms with Crippen LogP contribution in [0.15, 0.2) is 53.1 Å². The Morgan fingerprint density at radius 2 is 1.93 bits per heavy atom. The largest absolute Gasteiger partial charge is 0.493 e. The number of amides is 1. The van der Waals surface area contributed by atoms with Gasteiger partial charge in [0.2, 0.25) is 5.82 Å². The van der Waals surface area contributed by atoms with Crippen molar-refractivity contribution in [3.05, 3.63) is 59.9 Å². The number of para-hydroxylation sites is 1. The normalized spacial score (nSPS) is 18.7. The average molecular weight is 397 g/mol. The molecule has 0 N–H and O–H groups in total. The molecule has 7 nitrogen and oxygen atoms in total. The SMILES string of the molecule is COc1cccc(C(=O)N2CCC(F)(c3noc(-c4ccccc4)n3)C2)c1OC. The van der Waals surface area contributed by atoms with Crippen molar-refractivity contribution in [1.29, 1.82) is 0 Å². The Balaban J connectivity index is 1.56. The number of alkyl halides is 1. The average Bonchev–Trinajstić information content (AvgIpc) is 3.41. The molecule has 4 rings (SSSR count). The predicted molar refractivity (Wildman–Crippen MR) is 103 cm³/mol. The minimum absolute atomic E-state index is 0.0516. The fourth-order valence-corrected chi connectivity index (χ4v) is 3.46. The van der Waals surface area contributed by atoms with E-state index in [0.717, 1.165) is 0 Å². The van der Waals surface area contributed by atoms with Crippen LogP contribution in [-0.4, -0.2) is 48.3 Å². The van der Waals surface area contributed by atoms with E-state index in [-0.39, 0.29) is 37.1 Å². The molecule has 1 atom stereocenters. The third-order valence-electron chi connectivity index (χ3n) is 4.99. The topological polar surface area (TPSA) is 77.7 Å². The zero-order valence-electron chi connectivity index (χ0n) is 16.1. The highest BCUT2D eigenvalue weighted by molar-refractivity contribution is 5.98. The molecule has 1 aliphatic heterocycles. The maximum absolute atomic E-state index is 15.6. The summed E-state index contributed by atoms with van der Waals surface area (Å²) in [5, 5.41) is 3.83. The van der Waals surface area contributed by atoms with E-state index in [2.05, 4.69) is 10.1 Å². The van der Waals surface area contributed by atoms with Gasteiger partial charge in [0.25, 0.3) is 11.8 Å². The molecule has 3 aromatic rings. The molecule has 29 heavy (non-hydrogen) atoms. The first-order chi connectivity index (χ1) is 14.1. The number of hydrogen-bond donors (Lipinski definition) is 0. The highest BCUT2D eigenvalue weighted by Gasteiger charge is 2.46. The summed E-state index contributed by atoms with van der Waals surface area (Å²) in [6.45, 7) is 0.0604. The van der Waals surface area contributed by atoms with Crippen molar-refractivity contribution in [2.75, 3.05) is 27.3 Å². The Hall–Kier alpha value is -3.42. The fraction of sp³-hybridized carbons (Fsp3) is 0.286. The Morgan fingerprint density at radius 1 is 1.14 bits per heavy atom. The molecule has 1 saturated heterocycles. The van der Waals surface area contributed by atoms with E-state index in [9.17, 15) is 4.79 Å². The number of halogens is 1. The number of rotatable bonds is 5. The molecular formula is C21H20FN3O4. The number of carbonyl (C=O) groups excluding carboxylic acids is 1. The van der Waals surface area contributed by atoms with Crippen LogP contribution in [0.4, 0.5) is 4.39 Å². The molecule has 1 amide bonds. The second-order valence-corrected chi connectivity index (χ2v) is 6.77. The van der Waals surface area contributed by atoms with E-state index in [1.165, 1.54) is 19.1 Å². The molecule has 1 fully saturated rings. The fourth-order valence-electron chi connectivity index (χ4n) is 3.46. The highest BCUT2D eigenvalue weighted by Crippen LogP contribution is 2.38. The van der Waals surface area contributed by atoms with E-state index in [1.54, 1.807) is 18.2 Å². The van der Waals surface area contributed by atoms with Crippen LogP contribution < -0.4 is 9.47 Å². The van der Waals surface area contributed by atoms with Gasteiger partial charge in [0.1, 0.15) is 0 Å². The summed E-state index contributed by atoms with van der Waals surface area (Å²) in [5.41, 5.74) is -0.853. The Bertz CT molecular complexity index is 1020. The molecule has 2 heterocycles. The number of likely N-dealkylation sites (tertiary alicyclic amines) is 1. The molecule has 1 unspecified atom stereocenters. The molecule has 0 saturated carbocycles. The third-order valence-corrected chi connectivity index (χ3v) is 4.99. The zero-order chi connectivity index (χ0) is 20.4. The number of ether oxygens (including phenoxy) is 2. The van der Waals surface area contributed by atoms with Crippen molar-refractivity contribution >= 4 is 5.91 Å². The lowest BCUT2D eigenvalue weighted by Gasteiger charge is -2.20. The van der Waals surface area contributed by atoms with Crippen molar-refractivity contribution in [3.63, 3.8) is 0 Å². The standard InChI is InChI=1S/C21H20FN3O4/c1-27-16-10-6-9-15(17(16)28-2)19(26)25-12-11-21(22,13-25)20-23-18(29-24-20)14-7-4-3-5-8-14/h3-10H,11-13H2,1-2H3. The first-order valence-electron chi connectivity index (χ1n) is 9.14. The molecule has 0 bridgehead atoms. The predicted octanol–water partition coefficient (Wildman–Crippen LogP) is 3.46. The van der Waals surface area contributed by atoms with Gasteiger partial charge in [0.15, 0.2) is 17.2 Å². The Morgan fingerprint density at radius 3 is 2.66 bits per heavy atom. The van der Waals surface area contributed by atoms with Crippen LogP contribution >= 0.6 is 0 Å². The van der Waals surface area contributed by atoms with Crippen LogP contribution in [0.25, 0.3) is 11.5 Å². The van der Waals surface area contributed by atoms with Crippen molar-refractivity contribution in [3.8, 4) is 23.0 Å². The number of methoxy groups -OCH3 is 2. The molecule has 0 aliphatic carbocycles. The second-order valence-electron chi connectivity index (χ2n) is 6.77. The van der Waals surface area contributed by atoms with Crippen LogP contribution in [0.5, 0.6) is 11.5 Å². The van der Waals surface area contributed by atoms with Gasteiger partial charge >= 0.3 is 0 Å². The number of hydrogen-bond acceptors (Lipinski definition) is 6. The number of nitrogens with zero attached hydrogens (tertiary/aromatic N) is 3. The minimum atomic E-state index is -1.88. The summed E-state index contributed by atoms with van der Waals surface area (Å²) in [6.07, 6.45) is 0.0821. The van der Waals surface area contributed by atoms with Crippen molar-refractivity contribution in [2.45, 2.75) is 12.1 Å². The third kappa shape index (κ3) is 3.41. The van der Waals surface area contributed by atoms with Crippen molar-refractivity contribution in [1.82, 2.24) is 15.0 Å². The lowest BCUT2D eigenvalue weighted by atomic mass is 10.1. The van der Waals surface area contributed by atoms with Gasteiger partial charge in [-0.2, -0.15) is 4.98 Å². The van der Waals surface area contributed by atoms with Crippen molar-refractivity contribution < 1.29 is 23.2 Å². The van der Waals surface area contributed by atoms with Crippen LogP contribution in [0, 0.1) is 0 Å². The molecule has 1 aliphatic rings. The van der Waals surface area contributed by atoms with E-state index in [1.807, 2.05) is 30.3 Å². The Labute approximate surface area is 167 Å². The van der Waals surface area contributed by atoms with E-state index in [4.69, 9.17) is 14.0 Å². The first kappa shape index (κ1) is 18.9. The molecule has 2 aromatic carbocycles. The van der Waals surface area contributed by atoms with Crippen LogP contribution in [-0.2, 0) is 5.67 Å². The highest BCUT2D eigenvalue weighted by atomic mass is 19.1. The van der Waals surface area contributed by atoms with Crippen LogP contribution in [0.2, 0.25) is 0 Å². The van der Waals surface area contributed by atoms with Crippen molar-refractivity contribution in [2.24, 2.45) is 0 Å². The summed E-state index contributed by atoms with van der Waals surface area (Å²) in [4.78, 5) is 18.7. The molecule has 0 radical (unpaired) electrons. The lowest BCUT2D eigenvalue weighted by Crippen LogP contribution is -2.33. The number of benzene rings is 2. The first-order valence-corrected chi connectivity index (χ1v) is 9.14. The van der Waals surface area contributed by atoms with E-state index in [0.29, 0.717) is 22.6 Å². The monoisotopic (exact) mass is 397 g/mol.